The normalized spacial score (nSPS) is 23.1. The Balaban J connectivity index is 2.70. The second kappa shape index (κ2) is 4.49. The van der Waals surface area contributed by atoms with Crippen molar-refractivity contribution in [3.05, 3.63) is 0 Å². The third-order valence-electron chi connectivity index (χ3n) is 3.14. The topological polar surface area (TPSA) is 58.4 Å². The molecule has 88 valence electrons. The Morgan fingerprint density at radius 2 is 2.07 bits per heavy atom. The van der Waals surface area contributed by atoms with E-state index in [0.717, 1.165) is 19.5 Å². The van der Waals surface area contributed by atoms with Gasteiger partial charge in [-0.2, -0.15) is 0 Å². The van der Waals surface area contributed by atoms with E-state index in [-0.39, 0.29) is 11.9 Å². The standard InChI is InChI=1S/C11H23N3O/c1-8(2)9(10(15)13-12)14-6-5-11(3,4)7-14/h8-9H,5-7,12H2,1-4H3,(H,13,15). The third-order valence-corrected chi connectivity index (χ3v) is 3.14. The van der Waals surface area contributed by atoms with Gasteiger partial charge < -0.3 is 0 Å². The number of amides is 1. The maximum Gasteiger partial charge on any atom is 0.251 e. The van der Waals surface area contributed by atoms with Crippen molar-refractivity contribution in [2.45, 2.75) is 40.2 Å². The minimum Gasteiger partial charge on any atom is -0.293 e. The molecule has 0 aromatic rings. The maximum absolute atomic E-state index is 11.7. The van der Waals surface area contributed by atoms with Crippen LogP contribution in [0.25, 0.3) is 0 Å². The summed E-state index contributed by atoms with van der Waals surface area (Å²) in [5.74, 6) is 5.45. The summed E-state index contributed by atoms with van der Waals surface area (Å²) in [7, 11) is 0. The summed E-state index contributed by atoms with van der Waals surface area (Å²) in [6, 6.07) is -0.0863. The third kappa shape index (κ3) is 2.92. The summed E-state index contributed by atoms with van der Waals surface area (Å²) in [6.45, 7) is 10.6. The molecule has 1 aliphatic heterocycles. The molecule has 1 amide bonds. The number of carbonyl (C=O) groups is 1. The molecule has 0 aromatic heterocycles. The Labute approximate surface area is 92.2 Å². The summed E-state index contributed by atoms with van der Waals surface area (Å²) in [4.78, 5) is 13.9. The molecule has 4 nitrogen and oxygen atoms in total. The number of nitrogens with zero attached hydrogens (tertiary/aromatic N) is 1. The van der Waals surface area contributed by atoms with Crippen LogP contribution in [-0.4, -0.2) is 29.9 Å². The van der Waals surface area contributed by atoms with E-state index in [4.69, 9.17) is 5.84 Å². The molecule has 1 unspecified atom stereocenters. The second-order valence-electron chi connectivity index (χ2n) is 5.58. The number of hydrazine groups is 1. The molecule has 1 atom stereocenters. The van der Waals surface area contributed by atoms with E-state index < -0.39 is 0 Å². The van der Waals surface area contributed by atoms with Gasteiger partial charge in [0.1, 0.15) is 0 Å². The van der Waals surface area contributed by atoms with Crippen LogP contribution in [0.1, 0.15) is 34.1 Å². The lowest BCUT2D eigenvalue weighted by atomic mass is 9.93. The highest BCUT2D eigenvalue weighted by molar-refractivity contribution is 5.81. The molecule has 1 fully saturated rings. The zero-order chi connectivity index (χ0) is 11.6. The number of likely N-dealkylation sites (tertiary alicyclic amines) is 1. The van der Waals surface area contributed by atoms with E-state index >= 15 is 0 Å². The van der Waals surface area contributed by atoms with Crippen molar-refractivity contribution in [2.24, 2.45) is 17.2 Å². The van der Waals surface area contributed by atoms with Crippen molar-refractivity contribution < 1.29 is 4.79 Å². The molecule has 0 aliphatic carbocycles. The van der Waals surface area contributed by atoms with Crippen LogP contribution >= 0.6 is 0 Å². The number of hydrogen-bond donors (Lipinski definition) is 2. The molecule has 1 rings (SSSR count). The summed E-state index contributed by atoms with van der Waals surface area (Å²) in [6.07, 6.45) is 1.15. The predicted octanol–water partition coefficient (Wildman–Crippen LogP) is 0.733. The monoisotopic (exact) mass is 213 g/mol. The fourth-order valence-electron chi connectivity index (χ4n) is 2.37. The molecule has 0 aromatic carbocycles. The van der Waals surface area contributed by atoms with Gasteiger partial charge in [-0.15, -0.1) is 0 Å². The molecule has 0 spiro atoms. The van der Waals surface area contributed by atoms with Gasteiger partial charge in [-0.3, -0.25) is 15.1 Å². The van der Waals surface area contributed by atoms with Gasteiger partial charge in [0.05, 0.1) is 6.04 Å². The average molecular weight is 213 g/mol. The predicted molar refractivity (Wildman–Crippen MR) is 60.9 cm³/mol. The Hall–Kier alpha value is -0.610. The fourth-order valence-corrected chi connectivity index (χ4v) is 2.37. The Morgan fingerprint density at radius 3 is 2.40 bits per heavy atom. The molecule has 1 heterocycles. The van der Waals surface area contributed by atoms with Crippen molar-refractivity contribution in [1.82, 2.24) is 10.3 Å². The van der Waals surface area contributed by atoms with Gasteiger partial charge in [0.25, 0.3) is 5.91 Å². The number of rotatable bonds is 3. The zero-order valence-electron chi connectivity index (χ0n) is 10.2. The van der Waals surface area contributed by atoms with E-state index in [2.05, 4.69) is 38.0 Å². The van der Waals surface area contributed by atoms with Crippen LogP contribution in [0.5, 0.6) is 0 Å². The van der Waals surface area contributed by atoms with Gasteiger partial charge in [0.2, 0.25) is 0 Å². The molecule has 1 aliphatic rings. The van der Waals surface area contributed by atoms with Crippen molar-refractivity contribution >= 4 is 5.91 Å². The van der Waals surface area contributed by atoms with Gasteiger partial charge in [-0.05, 0) is 24.3 Å². The van der Waals surface area contributed by atoms with E-state index in [1.807, 2.05) is 0 Å². The Kier molecular flexibility index (Phi) is 3.73. The van der Waals surface area contributed by atoms with Gasteiger partial charge in [0.15, 0.2) is 0 Å². The van der Waals surface area contributed by atoms with Gasteiger partial charge in [-0.1, -0.05) is 27.7 Å². The number of hydrogen-bond acceptors (Lipinski definition) is 3. The van der Waals surface area contributed by atoms with Crippen LogP contribution in [0.3, 0.4) is 0 Å². The molecule has 15 heavy (non-hydrogen) atoms. The highest BCUT2D eigenvalue weighted by Crippen LogP contribution is 2.31. The Bertz CT molecular complexity index is 238. The summed E-state index contributed by atoms with van der Waals surface area (Å²) in [5.41, 5.74) is 2.59. The summed E-state index contributed by atoms with van der Waals surface area (Å²) >= 11 is 0. The largest absolute Gasteiger partial charge is 0.293 e. The van der Waals surface area contributed by atoms with Crippen LogP contribution in [0.15, 0.2) is 0 Å². The van der Waals surface area contributed by atoms with Crippen LogP contribution in [0.4, 0.5) is 0 Å². The first kappa shape index (κ1) is 12.5. The van der Waals surface area contributed by atoms with Crippen LogP contribution in [-0.2, 0) is 4.79 Å². The number of nitrogens with one attached hydrogen (secondary N) is 1. The highest BCUT2D eigenvalue weighted by Gasteiger charge is 2.37. The van der Waals surface area contributed by atoms with E-state index in [1.165, 1.54) is 0 Å². The molecule has 0 saturated carbocycles. The summed E-state index contributed by atoms with van der Waals surface area (Å²) in [5, 5.41) is 0. The smallest absolute Gasteiger partial charge is 0.251 e. The van der Waals surface area contributed by atoms with Crippen LogP contribution < -0.4 is 11.3 Å². The number of carbonyl (C=O) groups excluding carboxylic acids is 1. The first-order valence-corrected chi connectivity index (χ1v) is 5.62. The van der Waals surface area contributed by atoms with Crippen molar-refractivity contribution in [1.29, 1.82) is 0 Å². The van der Waals surface area contributed by atoms with E-state index in [1.54, 1.807) is 0 Å². The average Bonchev–Trinajstić information content (AvgIpc) is 2.45. The first-order chi connectivity index (χ1) is 6.87. The molecule has 1 saturated heterocycles. The van der Waals surface area contributed by atoms with E-state index in [0.29, 0.717) is 11.3 Å². The minimum atomic E-state index is -0.0863. The number of nitrogens with two attached hydrogens (primary N) is 1. The quantitative estimate of drug-likeness (QED) is 0.413. The fraction of sp³-hybridized carbons (Fsp3) is 0.909. The SMILES string of the molecule is CC(C)C(C(=O)NN)N1CCC(C)(C)C1. The van der Waals surface area contributed by atoms with Crippen LogP contribution in [0, 0.1) is 11.3 Å². The summed E-state index contributed by atoms with van der Waals surface area (Å²) < 4.78 is 0. The van der Waals surface area contributed by atoms with Crippen molar-refractivity contribution in [3.63, 3.8) is 0 Å². The molecule has 3 N–H and O–H groups in total. The van der Waals surface area contributed by atoms with Crippen molar-refractivity contribution in [3.8, 4) is 0 Å². The van der Waals surface area contributed by atoms with Crippen molar-refractivity contribution in [2.75, 3.05) is 13.1 Å². The molecule has 0 radical (unpaired) electrons. The van der Waals surface area contributed by atoms with E-state index in [9.17, 15) is 4.79 Å². The first-order valence-electron chi connectivity index (χ1n) is 5.62. The lowest BCUT2D eigenvalue weighted by Crippen LogP contribution is -2.51. The molecule has 4 heteroatoms. The van der Waals surface area contributed by atoms with Gasteiger partial charge >= 0.3 is 0 Å². The maximum atomic E-state index is 11.7. The van der Waals surface area contributed by atoms with Gasteiger partial charge in [0, 0.05) is 6.54 Å². The lowest BCUT2D eigenvalue weighted by molar-refractivity contribution is -0.127. The highest BCUT2D eigenvalue weighted by atomic mass is 16.2. The Morgan fingerprint density at radius 1 is 1.47 bits per heavy atom. The van der Waals surface area contributed by atoms with Crippen LogP contribution in [0.2, 0.25) is 0 Å². The zero-order valence-corrected chi connectivity index (χ0v) is 10.2. The molecular weight excluding hydrogens is 190 g/mol. The molecular formula is C11H23N3O. The van der Waals surface area contributed by atoms with Gasteiger partial charge in [-0.25, -0.2) is 5.84 Å². The minimum absolute atomic E-state index is 0.0669. The lowest BCUT2D eigenvalue weighted by Gasteiger charge is -2.30. The molecule has 0 bridgehead atoms. The second-order valence-corrected chi connectivity index (χ2v) is 5.58.